The predicted octanol–water partition coefficient (Wildman–Crippen LogP) is 1.42. The third-order valence-electron chi connectivity index (χ3n) is 3.32. The molecule has 1 N–H and O–H groups in total. The van der Waals surface area contributed by atoms with Gasteiger partial charge in [-0.3, -0.25) is 0 Å². The van der Waals surface area contributed by atoms with E-state index >= 15 is 0 Å². The Bertz CT molecular complexity index is 942. The number of anilines is 1. The fraction of sp³-hybridized carbons (Fsp3) is 0.133. The summed E-state index contributed by atoms with van der Waals surface area (Å²) in [7, 11) is 2.35. The molecular weight excluding hydrogens is 382 g/mol. The number of hydrogen-bond acceptors (Lipinski definition) is 8. The molecule has 9 nitrogen and oxygen atoms in total. The van der Waals surface area contributed by atoms with Crippen molar-refractivity contribution in [3.8, 4) is 0 Å². The molecule has 0 spiro atoms. The van der Waals surface area contributed by atoms with Crippen molar-refractivity contribution >= 4 is 52.4 Å². The normalized spacial score (nSPS) is 13.6. The number of hydrogen-bond donors (Lipinski definition) is 1. The summed E-state index contributed by atoms with van der Waals surface area (Å²) in [6, 6.07) is 7.05. The van der Waals surface area contributed by atoms with E-state index in [4.69, 9.17) is 0 Å². The molecule has 4 amide bonds. The van der Waals surface area contributed by atoms with Crippen molar-refractivity contribution in [1.29, 1.82) is 0 Å². The third-order valence-corrected chi connectivity index (χ3v) is 5.81. The highest BCUT2D eigenvalue weighted by molar-refractivity contribution is 7.29. The van der Waals surface area contributed by atoms with Crippen molar-refractivity contribution in [2.75, 3.05) is 19.1 Å². The molecule has 1 aliphatic heterocycles. The summed E-state index contributed by atoms with van der Waals surface area (Å²) in [5.41, 5.74) is 2.80. The average Bonchev–Trinajstić information content (AvgIpc) is 3.22. The molecule has 0 unspecified atom stereocenters. The fourth-order valence-corrected chi connectivity index (χ4v) is 4.52. The number of methoxy groups -OCH3 is 2. The molecule has 3 rings (SSSR count). The van der Waals surface area contributed by atoms with E-state index in [1.165, 1.54) is 14.2 Å². The number of ether oxygens (including phenoxy) is 2. The molecule has 1 aliphatic rings. The number of urea groups is 2. The van der Waals surface area contributed by atoms with E-state index < -0.39 is 24.0 Å². The zero-order valence-electron chi connectivity index (χ0n) is 13.5. The fourth-order valence-electron chi connectivity index (χ4n) is 2.14. The van der Waals surface area contributed by atoms with Gasteiger partial charge in [-0.25, -0.2) is 14.4 Å². The Kier molecular flexibility index (Phi) is 4.82. The Morgan fingerprint density at radius 2 is 1.54 bits per heavy atom. The monoisotopic (exact) mass is 394 g/mol. The van der Waals surface area contributed by atoms with E-state index in [1.54, 1.807) is 30.3 Å². The number of hydrazine groups is 1. The summed E-state index contributed by atoms with van der Waals surface area (Å²) in [6.45, 7) is 0. The number of nitrogens with zero attached hydrogens (tertiary/aromatic N) is 2. The van der Waals surface area contributed by atoms with Crippen molar-refractivity contribution in [3.05, 3.63) is 44.1 Å². The molecule has 2 aromatic rings. The van der Waals surface area contributed by atoms with E-state index in [-0.39, 0.29) is 13.7 Å². The van der Waals surface area contributed by atoms with Crippen molar-refractivity contribution in [2.45, 2.75) is 0 Å². The average molecular weight is 394 g/mol. The van der Waals surface area contributed by atoms with Crippen LogP contribution in [-0.2, 0) is 9.47 Å². The Morgan fingerprint density at radius 3 is 2.04 bits per heavy atom. The summed E-state index contributed by atoms with van der Waals surface area (Å²) in [4.78, 5) is 49.6. The Hall–Kier alpha value is -3.05. The van der Waals surface area contributed by atoms with E-state index in [0.717, 1.165) is 32.3 Å². The summed E-state index contributed by atoms with van der Waals surface area (Å²) in [5, 5.41) is 0. The van der Waals surface area contributed by atoms with Crippen LogP contribution in [0.25, 0.3) is 0 Å². The number of carbonyl (C=O) groups excluding carboxylic acids is 4. The second kappa shape index (κ2) is 7.06. The largest absolute Gasteiger partial charge is 0.533 e. The summed E-state index contributed by atoms with van der Waals surface area (Å²) in [6.07, 6.45) is 0. The highest BCUT2D eigenvalue weighted by atomic mass is 32.2. The van der Waals surface area contributed by atoms with Gasteiger partial charge in [-0.15, -0.1) is 10.3 Å². The predicted molar refractivity (Wildman–Crippen MR) is 93.0 cm³/mol. The van der Waals surface area contributed by atoms with Crippen molar-refractivity contribution in [2.24, 2.45) is 0 Å². The van der Waals surface area contributed by atoms with Gasteiger partial charge < -0.3 is 9.47 Å². The Labute approximate surface area is 154 Å². The maximum atomic E-state index is 12.7. The van der Waals surface area contributed by atoms with Crippen LogP contribution in [0.1, 0.15) is 19.3 Å². The summed E-state index contributed by atoms with van der Waals surface area (Å²) < 4.78 is 10.5. The molecule has 0 atom stereocenters. The second-order valence-electron chi connectivity index (χ2n) is 4.82. The molecule has 0 saturated carbocycles. The molecule has 134 valence electrons. The van der Waals surface area contributed by atoms with Crippen LogP contribution < -0.4 is 19.0 Å². The number of nitrogens with one attached hydrogen (secondary N) is 1. The molecule has 11 heteroatoms. The van der Waals surface area contributed by atoms with Crippen LogP contribution in [0.5, 0.6) is 0 Å². The molecule has 1 fully saturated rings. The first-order chi connectivity index (χ1) is 12.5. The molecule has 1 saturated heterocycles. The lowest BCUT2D eigenvalue weighted by Crippen LogP contribution is -2.37. The summed E-state index contributed by atoms with van der Waals surface area (Å²) >= 11 is 1.69. The minimum atomic E-state index is -0.740. The van der Waals surface area contributed by atoms with Crippen LogP contribution in [0.2, 0.25) is 0 Å². The zero-order valence-corrected chi connectivity index (χ0v) is 15.2. The molecule has 26 heavy (non-hydrogen) atoms. The van der Waals surface area contributed by atoms with Gasteiger partial charge in [-0.05, 0) is 12.1 Å². The SMILES string of the molecule is COC(=O)c1sc(=[N+]2NC(=O)N(c3ccccc3)C2=O)sc1C(=O)OC. The lowest BCUT2D eigenvalue weighted by molar-refractivity contribution is 0.0564. The van der Waals surface area contributed by atoms with Gasteiger partial charge in [0.1, 0.15) is 15.4 Å². The smallest absolute Gasteiger partial charge is 0.465 e. The first-order valence-electron chi connectivity index (χ1n) is 7.11. The second-order valence-corrected chi connectivity index (χ2v) is 7.07. The minimum absolute atomic E-state index is 0.0143. The molecule has 0 radical (unpaired) electrons. The van der Waals surface area contributed by atoms with Crippen LogP contribution in [-0.4, -0.2) is 38.2 Å². The van der Waals surface area contributed by atoms with Gasteiger partial charge in [0.2, 0.25) is 0 Å². The number of rotatable bonds is 3. The number of para-hydroxylation sites is 1. The number of amides is 4. The Balaban J connectivity index is 2.13. The van der Waals surface area contributed by atoms with E-state index in [1.807, 2.05) is 0 Å². The van der Waals surface area contributed by atoms with Crippen LogP contribution in [0.15, 0.2) is 30.3 Å². The maximum absolute atomic E-state index is 12.7. The van der Waals surface area contributed by atoms with Crippen molar-refractivity contribution in [3.63, 3.8) is 0 Å². The third kappa shape index (κ3) is 2.97. The lowest BCUT2D eigenvalue weighted by atomic mass is 10.3. The van der Waals surface area contributed by atoms with Gasteiger partial charge in [0, 0.05) is 0 Å². The molecular formula is C15H12N3O6S2+. The first-order valence-corrected chi connectivity index (χ1v) is 8.74. The van der Waals surface area contributed by atoms with E-state index in [0.29, 0.717) is 5.69 Å². The maximum Gasteiger partial charge on any atom is 0.533 e. The number of esters is 2. The van der Waals surface area contributed by atoms with E-state index in [9.17, 15) is 19.2 Å². The van der Waals surface area contributed by atoms with Crippen LogP contribution in [0.3, 0.4) is 0 Å². The first kappa shape index (κ1) is 17.8. The zero-order chi connectivity index (χ0) is 18.8. The number of benzene rings is 1. The lowest BCUT2D eigenvalue weighted by Gasteiger charge is -2.00. The van der Waals surface area contributed by atoms with Crippen LogP contribution >= 0.6 is 22.7 Å². The quantitative estimate of drug-likeness (QED) is 0.624. The molecule has 0 aliphatic carbocycles. The Morgan fingerprint density at radius 1 is 1.00 bits per heavy atom. The van der Waals surface area contributed by atoms with E-state index in [2.05, 4.69) is 14.9 Å². The number of imide groups is 1. The van der Waals surface area contributed by atoms with Gasteiger partial charge in [0.05, 0.1) is 14.2 Å². The molecule has 1 aromatic carbocycles. The molecule has 1 aromatic heterocycles. The summed E-state index contributed by atoms with van der Waals surface area (Å²) in [5.74, 6) is -1.48. The molecule has 2 heterocycles. The van der Waals surface area contributed by atoms with Crippen LogP contribution in [0, 0.1) is 0 Å². The van der Waals surface area contributed by atoms with Crippen molar-refractivity contribution < 1.29 is 28.7 Å². The van der Waals surface area contributed by atoms with Gasteiger partial charge in [-0.1, -0.05) is 45.6 Å². The topological polar surface area (TPSA) is 105 Å². The van der Waals surface area contributed by atoms with Gasteiger partial charge in [-0.2, -0.15) is 4.79 Å². The van der Waals surface area contributed by atoms with Gasteiger partial charge in [0.25, 0.3) is 3.98 Å². The highest BCUT2D eigenvalue weighted by Gasteiger charge is 2.46. The van der Waals surface area contributed by atoms with Crippen molar-refractivity contribution in [1.82, 2.24) is 10.1 Å². The number of carbonyl (C=O) groups is 4. The molecule has 0 bridgehead atoms. The standard InChI is InChI=1S/C15H11N3O6S2/c1-23-11(19)9-10(12(20)24-2)26-15(25-9)18-14(22)17(13(21)16-18)8-6-4-3-5-7-8/h3-7H,1-2H3/p+1. The van der Waals surface area contributed by atoms with Crippen LogP contribution in [0.4, 0.5) is 15.3 Å². The van der Waals surface area contributed by atoms with Gasteiger partial charge in [0.15, 0.2) is 0 Å². The minimum Gasteiger partial charge on any atom is -0.465 e. The van der Waals surface area contributed by atoms with Gasteiger partial charge >= 0.3 is 24.0 Å². The highest BCUT2D eigenvalue weighted by Crippen LogP contribution is 2.21.